The number of nitrogens with one attached hydrogen (secondary N) is 1. The molecule has 17 heavy (non-hydrogen) atoms. The standard InChI is InChI=1S/C15H26N2/c1-13(10-14-6-3-2-4-7-14)17-12-15-8-5-9-16-11-15/h8-9,13-14,17H,2-7,10-12H2,1H3. The maximum Gasteiger partial charge on any atom is 0.0608 e. The number of nitrogens with zero attached hydrogens (tertiary/aromatic N) is 1. The SMILES string of the molecule is CC(CC1CCCCC1)NCC1=CCC=NC1. The van der Waals surface area contributed by atoms with Crippen molar-refractivity contribution in [2.75, 3.05) is 13.1 Å². The zero-order chi connectivity index (χ0) is 11.9. The average molecular weight is 234 g/mol. The first-order chi connectivity index (χ1) is 8.34. The molecule has 1 aliphatic heterocycles. The molecule has 2 aliphatic rings. The Balaban J connectivity index is 1.62. The van der Waals surface area contributed by atoms with Gasteiger partial charge in [0, 0.05) is 25.2 Å². The molecule has 1 unspecified atom stereocenters. The lowest BCUT2D eigenvalue weighted by molar-refractivity contribution is 0.307. The molecule has 0 radical (unpaired) electrons. The van der Waals surface area contributed by atoms with E-state index in [4.69, 9.17) is 0 Å². The maximum atomic E-state index is 4.32. The predicted octanol–water partition coefficient (Wildman–Crippen LogP) is 3.34. The summed E-state index contributed by atoms with van der Waals surface area (Å²) in [5.41, 5.74) is 1.46. The first-order valence-electron chi connectivity index (χ1n) is 7.24. The van der Waals surface area contributed by atoms with Crippen LogP contribution in [0.4, 0.5) is 0 Å². The van der Waals surface area contributed by atoms with Crippen molar-refractivity contribution in [3.8, 4) is 0 Å². The molecule has 96 valence electrons. The van der Waals surface area contributed by atoms with Gasteiger partial charge in [-0.15, -0.1) is 0 Å². The first kappa shape index (κ1) is 12.8. The van der Waals surface area contributed by atoms with Crippen LogP contribution in [-0.2, 0) is 0 Å². The summed E-state index contributed by atoms with van der Waals surface area (Å²) in [6.45, 7) is 4.27. The highest BCUT2D eigenvalue weighted by Gasteiger charge is 2.16. The number of allylic oxidation sites excluding steroid dienone is 1. The molecule has 1 heterocycles. The zero-order valence-electron chi connectivity index (χ0n) is 11.1. The minimum absolute atomic E-state index is 0.657. The van der Waals surface area contributed by atoms with Crippen LogP contribution in [0.15, 0.2) is 16.6 Å². The molecule has 0 spiro atoms. The van der Waals surface area contributed by atoms with Crippen LogP contribution < -0.4 is 5.32 Å². The molecule has 0 aromatic carbocycles. The van der Waals surface area contributed by atoms with Crippen molar-refractivity contribution in [1.29, 1.82) is 0 Å². The van der Waals surface area contributed by atoms with Gasteiger partial charge >= 0.3 is 0 Å². The number of hydrogen-bond donors (Lipinski definition) is 1. The van der Waals surface area contributed by atoms with E-state index >= 15 is 0 Å². The van der Waals surface area contributed by atoms with Crippen LogP contribution >= 0.6 is 0 Å². The molecule has 1 atom stereocenters. The molecule has 2 heteroatoms. The van der Waals surface area contributed by atoms with E-state index < -0.39 is 0 Å². The van der Waals surface area contributed by atoms with Crippen LogP contribution in [0.1, 0.15) is 51.9 Å². The third-order valence-corrected chi connectivity index (χ3v) is 4.02. The quantitative estimate of drug-likeness (QED) is 0.725. The van der Waals surface area contributed by atoms with E-state index in [1.165, 1.54) is 44.1 Å². The Morgan fingerprint density at radius 1 is 1.35 bits per heavy atom. The molecule has 0 saturated heterocycles. The van der Waals surface area contributed by atoms with Crippen molar-refractivity contribution in [3.05, 3.63) is 11.6 Å². The van der Waals surface area contributed by atoms with Crippen molar-refractivity contribution in [2.24, 2.45) is 10.9 Å². The molecule has 0 amide bonds. The Kier molecular flexibility index (Phi) is 5.24. The summed E-state index contributed by atoms with van der Waals surface area (Å²) in [5.74, 6) is 0.976. The van der Waals surface area contributed by atoms with Gasteiger partial charge in [-0.3, -0.25) is 4.99 Å². The van der Waals surface area contributed by atoms with Crippen LogP contribution in [0.25, 0.3) is 0 Å². The van der Waals surface area contributed by atoms with Crippen molar-refractivity contribution in [2.45, 2.75) is 57.9 Å². The van der Waals surface area contributed by atoms with Gasteiger partial charge in [-0.1, -0.05) is 38.2 Å². The summed E-state index contributed by atoms with van der Waals surface area (Å²) in [5, 5.41) is 3.66. The highest BCUT2D eigenvalue weighted by atomic mass is 14.9. The largest absolute Gasteiger partial charge is 0.310 e. The Bertz CT molecular complexity index is 275. The number of hydrogen-bond acceptors (Lipinski definition) is 2. The third-order valence-electron chi connectivity index (χ3n) is 4.02. The fraction of sp³-hybridized carbons (Fsp3) is 0.800. The zero-order valence-corrected chi connectivity index (χ0v) is 11.1. The molecular weight excluding hydrogens is 208 g/mol. The molecule has 0 bridgehead atoms. The number of rotatable bonds is 5. The Morgan fingerprint density at radius 2 is 2.18 bits per heavy atom. The number of aliphatic imine (C=N–C) groups is 1. The third kappa shape index (κ3) is 4.63. The van der Waals surface area contributed by atoms with E-state index in [2.05, 4.69) is 23.3 Å². The highest BCUT2D eigenvalue weighted by Crippen LogP contribution is 2.27. The molecule has 2 rings (SSSR count). The molecule has 0 aromatic heterocycles. The molecule has 2 nitrogen and oxygen atoms in total. The minimum atomic E-state index is 0.657. The summed E-state index contributed by atoms with van der Waals surface area (Å²) < 4.78 is 0. The first-order valence-corrected chi connectivity index (χ1v) is 7.24. The van der Waals surface area contributed by atoms with Gasteiger partial charge in [-0.2, -0.15) is 0 Å². The smallest absolute Gasteiger partial charge is 0.0608 e. The lowest BCUT2D eigenvalue weighted by Gasteiger charge is -2.25. The van der Waals surface area contributed by atoms with E-state index in [1.54, 1.807) is 0 Å². The lowest BCUT2D eigenvalue weighted by atomic mass is 9.85. The fourth-order valence-electron chi connectivity index (χ4n) is 2.98. The van der Waals surface area contributed by atoms with Crippen LogP contribution in [0.5, 0.6) is 0 Å². The van der Waals surface area contributed by atoms with E-state index in [-0.39, 0.29) is 0 Å². The summed E-state index contributed by atoms with van der Waals surface area (Å²) in [6.07, 6.45) is 14.0. The van der Waals surface area contributed by atoms with Crippen molar-refractivity contribution >= 4 is 6.21 Å². The summed E-state index contributed by atoms with van der Waals surface area (Å²) >= 11 is 0. The van der Waals surface area contributed by atoms with Gasteiger partial charge in [-0.05, 0) is 24.8 Å². The van der Waals surface area contributed by atoms with Crippen LogP contribution in [0.3, 0.4) is 0 Å². The normalized spacial score (nSPS) is 23.5. The fourth-order valence-corrected chi connectivity index (χ4v) is 2.98. The van der Waals surface area contributed by atoms with Crippen molar-refractivity contribution < 1.29 is 0 Å². The number of dihydropyridines is 1. The maximum absolute atomic E-state index is 4.32. The average Bonchev–Trinajstić information content (AvgIpc) is 2.39. The van der Waals surface area contributed by atoms with E-state index in [0.29, 0.717) is 6.04 Å². The van der Waals surface area contributed by atoms with E-state index in [0.717, 1.165) is 25.4 Å². The molecule has 1 aliphatic carbocycles. The second kappa shape index (κ2) is 6.95. The Morgan fingerprint density at radius 3 is 2.88 bits per heavy atom. The second-order valence-electron chi connectivity index (χ2n) is 5.64. The minimum Gasteiger partial charge on any atom is -0.310 e. The van der Waals surface area contributed by atoms with Gasteiger partial charge < -0.3 is 5.32 Å². The summed E-state index contributed by atoms with van der Waals surface area (Å²) in [4.78, 5) is 4.32. The van der Waals surface area contributed by atoms with Crippen molar-refractivity contribution in [1.82, 2.24) is 5.32 Å². The molecule has 1 fully saturated rings. The molecule has 0 aromatic rings. The molecule has 1 saturated carbocycles. The molecular formula is C15H26N2. The van der Waals surface area contributed by atoms with Gasteiger partial charge in [-0.25, -0.2) is 0 Å². The van der Waals surface area contributed by atoms with Crippen LogP contribution in [0.2, 0.25) is 0 Å². The Hall–Kier alpha value is -0.630. The van der Waals surface area contributed by atoms with Crippen LogP contribution in [-0.4, -0.2) is 25.3 Å². The van der Waals surface area contributed by atoms with Crippen LogP contribution in [0, 0.1) is 5.92 Å². The molecule has 1 N–H and O–H groups in total. The lowest BCUT2D eigenvalue weighted by Crippen LogP contribution is -2.31. The highest BCUT2D eigenvalue weighted by molar-refractivity contribution is 5.61. The van der Waals surface area contributed by atoms with Gasteiger partial charge in [0.1, 0.15) is 0 Å². The second-order valence-corrected chi connectivity index (χ2v) is 5.64. The van der Waals surface area contributed by atoms with Gasteiger partial charge in [0.05, 0.1) is 6.54 Å². The monoisotopic (exact) mass is 234 g/mol. The van der Waals surface area contributed by atoms with Gasteiger partial charge in [0.15, 0.2) is 0 Å². The summed E-state index contributed by atoms with van der Waals surface area (Å²) in [7, 11) is 0. The Labute approximate surface area is 106 Å². The van der Waals surface area contributed by atoms with E-state index in [1.807, 2.05) is 6.21 Å². The predicted molar refractivity (Wildman–Crippen MR) is 74.7 cm³/mol. The van der Waals surface area contributed by atoms with Crippen molar-refractivity contribution in [3.63, 3.8) is 0 Å². The summed E-state index contributed by atoms with van der Waals surface area (Å²) in [6, 6.07) is 0.657. The van der Waals surface area contributed by atoms with Gasteiger partial charge in [0.2, 0.25) is 0 Å². The topological polar surface area (TPSA) is 24.4 Å². The van der Waals surface area contributed by atoms with E-state index in [9.17, 15) is 0 Å². The van der Waals surface area contributed by atoms with Gasteiger partial charge in [0.25, 0.3) is 0 Å².